The maximum absolute atomic E-state index is 11.3. The molecule has 0 radical (unpaired) electrons. The summed E-state index contributed by atoms with van der Waals surface area (Å²) in [6.07, 6.45) is 1.31. The van der Waals surface area contributed by atoms with E-state index in [0.717, 1.165) is 11.8 Å². The molecule has 1 aliphatic heterocycles. The second-order valence-corrected chi connectivity index (χ2v) is 5.85. The van der Waals surface area contributed by atoms with Gasteiger partial charge >= 0.3 is 0 Å². The predicted molar refractivity (Wildman–Crippen MR) is 84.3 cm³/mol. The average molecular weight is 346 g/mol. The molecule has 0 unspecified atom stereocenters. The molecular weight excluding hydrogens is 336 g/mol. The molecule has 0 atom stereocenters. The number of nitrogen functional groups attached to an aromatic ring is 1. The van der Waals surface area contributed by atoms with E-state index in [1.54, 1.807) is 6.07 Å². The zero-order chi connectivity index (χ0) is 16.7. The Hall–Kier alpha value is -3.08. The van der Waals surface area contributed by atoms with Crippen LogP contribution in [0.2, 0.25) is 0 Å². The Morgan fingerprint density at radius 2 is 2.00 bits per heavy atom. The summed E-state index contributed by atoms with van der Waals surface area (Å²) in [5.74, 6) is 1.08. The number of anilines is 1. The first-order chi connectivity index (χ1) is 11.6. The molecule has 0 fully saturated rings. The van der Waals surface area contributed by atoms with Gasteiger partial charge < -0.3 is 20.2 Å². The Morgan fingerprint density at radius 1 is 1.25 bits per heavy atom. The highest BCUT2D eigenvalue weighted by Crippen LogP contribution is 2.42. The molecule has 0 amide bonds. The van der Waals surface area contributed by atoms with Gasteiger partial charge in [-0.2, -0.15) is 0 Å². The molecule has 0 saturated heterocycles. The fourth-order valence-electron chi connectivity index (χ4n) is 2.26. The SMILES string of the molecule is Nc1ncnc2nc(Sc3cc4c(cc3[N+](=O)[O-])OCCO4)[nH]c12. The van der Waals surface area contributed by atoms with Crippen LogP contribution in [-0.2, 0) is 0 Å². The number of rotatable bonds is 3. The van der Waals surface area contributed by atoms with Crippen LogP contribution in [0.5, 0.6) is 11.5 Å². The third kappa shape index (κ3) is 2.44. The van der Waals surface area contributed by atoms with E-state index in [2.05, 4.69) is 19.9 Å². The quantitative estimate of drug-likeness (QED) is 0.535. The summed E-state index contributed by atoms with van der Waals surface area (Å²) in [5.41, 5.74) is 6.54. The van der Waals surface area contributed by atoms with Gasteiger partial charge in [0, 0.05) is 6.07 Å². The number of aromatic amines is 1. The van der Waals surface area contributed by atoms with Crippen LogP contribution in [0.1, 0.15) is 0 Å². The molecule has 1 aromatic carbocycles. The lowest BCUT2D eigenvalue weighted by atomic mass is 10.2. The Morgan fingerprint density at radius 3 is 2.71 bits per heavy atom. The van der Waals surface area contributed by atoms with Crippen LogP contribution in [0.3, 0.4) is 0 Å². The van der Waals surface area contributed by atoms with Crippen molar-refractivity contribution in [3.8, 4) is 11.5 Å². The molecular formula is C13H10N6O4S. The van der Waals surface area contributed by atoms with E-state index < -0.39 is 4.92 Å². The Bertz CT molecular complexity index is 959. The lowest BCUT2D eigenvalue weighted by Gasteiger charge is -2.18. The highest BCUT2D eigenvalue weighted by atomic mass is 32.2. The van der Waals surface area contributed by atoms with Crippen LogP contribution in [0.4, 0.5) is 11.5 Å². The van der Waals surface area contributed by atoms with Gasteiger partial charge in [0.05, 0.1) is 15.9 Å². The van der Waals surface area contributed by atoms with E-state index in [1.165, 1.54) is 12.4 Å². The maximum atomic E-state index is 11.3. The van der Waals surface area contributed by atoms with E-state index >= 15 is 0 Å². The minimum atomic E-state index is -0.475. The summed E-state index contributed by atoms with van der Waals surface area (Å²) in [6.45, 7) is 0.754. The fourth-order valence-corrected chi connectivity index (χ4v) is 3.16. The smallest absolute Gasteiger partial charge is 0.287 e. The summed E-state index contributed by atoms with van der Waals surface area (Å²) in [4.78, 5) is 26.4. The normalized spacial score (nSPS) is 13.2. The summed E-state index contributed by atoms with van der Waals surface area (Å²) >= 11 is 1.08. The van der Waals surface area contributed by atoms with E-state index in [0.29, 0.717) is 45.9 Å². The Kier molecular flexibility index (Phi) is 3.34. The van der Waals surface area contributed by atoms with Crippen molar-refractivity contribution in [1.82, 2.24) is 19.9 Å². The number of hydrogen-bond donors (Lipinski definition) is 2. The molecule has 24 heavy (non-hydrogen) atoms. The van der Waals surface area contributed by atoms with Crippen LogP contribution >= 0.6 is 11.8 Å². The number of nitrogens with two attached hydrogens (primary N) is 1. The molecule has 3 N–H and O–H groups in total. The minimum Gasteiger partial charge on any atom is -0.486 e. The topological polar surface area (TPSA) is 142 Å². The van der Waals surface area contributed by atoms with Gasteiger partial charge in [0.25, 0.3) is 5.69 Å². The van der Waals surface area contributed by atoms with E-state index in [1.807, 2.05) is 0 Å². The number of nitro benzene ring substituents is 1. The van der Waals surface area contributed by atoms with Crippen LogP contribution in [-0.4, -0.2) is 38.1 Å². The van der Waals surface area contributed by atoms with Crippen LogP contribution in [0, 0.1) is 10.1 Å². The van der Waals surface area contributed by atoms with Gasteiger partial charge in [0.1, 0.15) is 25.1 Å². The number of imidazole rings is 1. The monoisotopic (exact) mass is 346 g/mol. The predicted octanol–water partition coefficient (Wildman–Crippen LogP) is 1.77. The zero-order valence-corrected chi connectivity index (χ0v) is 12.9. The van der Waals surface area contributed by atoms with Crippen molar-refractivity contribution in [2.45, 2.75) is 10.1 Å². The second-order valence-electron chi connectivity index (χ2n) is 4.82. The largest absolute Gasteiger partial charge is 0.486 e. The highest BCUT2D eigenvalue weighted by molar-refractivity contribution is 7.99. The van der Waals surface area contributed by atoms with Crippen molar-refractivity contribution in [1.29, 1.82) is 0 Å². The molecule has 1 aliphatic rings. The third-order valence-corrected chi connectivity index (χ3v) is 4.26. The van der Waals surface area contributed by atoms with Gasteiger partial charge in [-0.15, -0.1) is 0 Å². The molecule has 0 spiro atoms. The van der Waals surface area contributed by atoms with E-state index in [-0.39, 0.29) is 11.5 Å². The summed E-state index contributed by atoms with van der Waals surface area (Å²) in [5, 5.41) is 11.8. The van der Waals surface area contributed by atoms with Crippen LogP contribution < -0.4 is 15.2 Å². The molecule has 11 heteroatoms. The van der Waals surface area contributed by atoms with Gasteiger partial charge in [-0.1, -0.05) is 0 Å². The van der Waals surface area contributed by atoms with Gasteiger partial charge in [-0.25, -0.2) is 15.0 Å². The van der Waals surface area contributed by atoms with Crippen LogP contribution in [0.15, 0.2) is 28.5 Å². The molecule has 4 rings (SSSR count). The van der Waals surface area contributed by atoms with Crippen molar-refractivity contribution in [3.05, 3.63) is 28.6 Å². The Balaban J connectivity index is 1.77. The van der Waals surface area contributed by atoms with Crippen LogP contribution in [0.25, 0.3) is 11.2 Å². The second kappa shape index (κ2) is 5.53. The molecule has 2 aromatic heterocycles. The number of hydrogen-bond acceptors (Lipinski definition) is 9. The Labute approximate surface area is 138 Å². The van der Waals surface area contributed by atoms with Crippen molar-refractivity contribution < 1.29 is 14.4 Å². The molecule has 10 nitrogen and oxygen atoms in total. The molecule has 3 heterocycles. The summed E-state index contributed by atoms with van der Waals surface area (Å²) in [6, 6.07) is 2.92. The number of aromatic nitrogens is 4. The highest BCUT2D eigenvalue weighted by Gasteiger charge is 2.24. The molecule has 122 valence electrons. The van der Waals surface area contributed by atoms with Crippen molar-refractivity contribution >= 4 is 34.4 Å². The first-order valence-electron chi connectivity index (χ1n) is 6.84. The van der Waals surface area contributed by atoms with E-state index in [4.69, 9.17) is 15.2 Å². The lowest BCUT2D eigenvalue weighted by Crippen LogP contribution is -2.15. The minimum absolute atomic E-state index is 0.0937. The van der Waals surface area contributed by atoms with Gasteiger partial charge in [0.15, 0.2) is 28.1 Å². The number of nitrogens with one attached hydrogen (secondary N) is 1. The van der Waals surface area contributed by atoms with Gasteiger partial charge in [-0.05, 0) is 11.8 Å². The van der Waals surface area contributed by atoms with E-state index in [9.17, 15) is 10.1 Å². The molecule has 0 bridgehead atoms. The molecule has 0 aliphatic carbocycles. The van der Waals surface area contributed by atoms with Crippen molar-refractivity contribution in [3.63, 3.8) is 0 Å². The number of nitrogens with zero attached hydrogens (tertiary/aromatic N) is 4. The number of ether oxygens (including phenoxy) is 2. The lowest BCUT2D eigenvalue weighted by molar-refractivity contribution is -0.387. The maximum Gasteiger partial charge on any atom is 0.287 e. The first kappa shape index (κ1) is 14.5. The molecule has 3 aromatic rings. The van der Waals surface area contributed by atoms with Gasteiger partial charge in [0.2, 0.25) is 0 Å². The van der Waals surface area contributed by atoms with Crippen molar-refractivity contribution in [2.75, 3.05) is 18.9 Å². The summed E-state index contributed by atoms with van der Waals surface area (Å²) < 4.78 is 10.9. The number of fused-ring (bicyclic) bond motifs is 2. The van der Waals surface area contributed by atoms with Gasteiger partial charge in [-0.3, -0.25) is 10.1 Å². The fraction of sp³-hybridized carbons (Fsp3) is 0.154. The number of H-pyrrole nitrogens is 1. The number of benzene rings is 1. The summed E-state index contributed by atoms with van der Waals surface area (Å²) in [7, 11) is 0. The molecule has 0 saturated carbocycles. The third-order valence-electron chi connectivity index (χ3n) is 3.32. The zero-order valence-electron chi connectivity index (χ0n) is 12.1. The average Bonchev–Trinajstić information content (AvgIpc) is 2.98. The van der Waals surface area contributed by atoms with Crippen molar-refractivity contribution in [2.24, 2.45) is 0 Å². The standard InChI is InChI=1S/C13H10N6O4S/c14-11-10-12(16-5-15-11)18-13(17-10)24-9-4-8-7(22-1-2-23-8)3-6(9)19(20)21/h3-5H,1-2H2,(H3,14,15,16,17,18). The number of nitro groups is 1. The first-order valence-corrected chi connectivity index (χ1v) is 7.65.